The lowest BCUT2D eigenvalue weighted by Crippen LogP contribution is -2.11. The molecular formula is C13H9BrINO2. The summed E-state index contributed by atoms with van der Waals surface area (Å²) in [5.41, 5.74) is 1.24. The second-order valence-corrected chi connectivity index (χ2v) is 5.71. The number of phenols is 1. The van der Waals surface area contributed by atoms with Gasteiger partial charge in [-0.15, -0.1) is 0 Å². The molecule has 92 valence electrons. The molecule has 0 saturated heterocycles. The molecule has 0 bridgehead atoms. The summed E-state index contributed by atoms with van der Waals surface area (Å²) in [6.45, 7) is 0. The van der Waals surface area contributed by atoms with Crippen LogP contribution in [0.5, 0.6) is 5.75 Å². The van der Waals surface area contributed by atoms with Crippen LogP contribution >= 0.6 is 38.5 Å². The van der Waals surface area contributed by atoms with Crippen molar-refractivity contribution in [1.82, 2.24) is 0 Å². The molecule has 0 radical (unpaired) electrons. The number of anilines is 1. The minimum absolute atomic E-state index is 0.177. The average molecular weight is 418 g/mol. The highest BCUT2D eigenvalue weighted by molar-refractivity contribution is 14.1. The molecule has 18 heavy (non-hydrogen) atoms. The van der Waals surface area contributed by atoms with Crippen molar-refractivity contribution in [3.63, 3.8) is 0 Å². The first-order valence-corrected chi connectivity index (χ1v) is 6.99. The Bertz CT molecular complexity index is 584. The molecular weight excluding hydrogens is 409 g/mol. The molecule has 0 aliphatic carbocycles. The fourth-order valence-corrected chi connectivity index (χ4v) is 2.17. The van der Waals surface area contributed by atoms with Gasteiger partial charge in [0.1, 0.15) is 5.75 Å². The predicted octanol–water partition coefficient (Wildman–Crippen LogP) is 4.01. The maximum atomic E-state index is 11.9. The van der Waals surface area contributed by atoms with E-state index in [1.807, 2.05) is 34.7 Å². The monoisotopic (exact) mass is 417 g/mol. The predicted molar refractivity (Wildman–Crippen MR) is 82.9 cm³/mol. The molecule has 0 aromatic heterocycles. The fraction of sp³-hybridized carbons (Fsp3) is 0. The van der Waals surface area contributed by atoms with Crippen molar-refractivity contribution >= 4 is 50.1 Å². The zero-order valence-corrected chi connectivity index (χ0v) is 12.9. The number of hydrogen-bond acceptors (Lipinski definition) is 2. The largest absolute Gasteiger partial charge is 0.507 e. The molecule has 0 atom stereocenters. The average Bonchev–Trinajstić information content (AvgIpc) is 2.34. The number of halogens is 2. The third-order valence-electron chi connectivity index (χ3n) is 2.31. The highest BCUT2D eigenvalue weighted by atomic mass is 127. The van der Waals surface area contributed by atoms with Gasteiger partial charge in [0.25, 0.3) is 5.91 Å². The van der Waals surface area contributed by atoms with Crippen LogP contribution < -0.4 is 5.32 Å². The van der Waals surface area contributed by atoms with E-state index in [9.17, 15) is 9.90 Å². The molecule has 0 aliphatic rings. The van der Waals surface area contributed by atoms with E-state index in [0.717, 1.165) is 4.47 Å². The van der Waals surface area contributed by atoms with E-state index in [1.165, 1.54) is 0 Å². The van der Waals surface area contributed by atoms with Crippen LogP contribution in [0.3, 0.4) is 0 Å². The number of carbonyl (C=O) groups excluding carboxylic acids is 1. The van der Waals surface area contributed by atoms with Crippen molar-refractivity contribution < 1.29 is 9.90 Å². The van der Waals surface area contributed by atoms with Crippen LogP contribution in [0, 0.1) is 3.57 Å². The number of amides is 1. The quantitative estimate of drug-likeness (QED) is 0.572. The highest BCUT2D eigenvalue weighted by Gasteiger charge is 2.07. The third-order valence-corrected chi connectivity index (χ3v) is 3.70. The lowest BCUT2D eigenvalue weighted by Gasteiger charge is -2.06. The van der Waals surface area contributed by atoms with Gasteiger partial charge in [-0.05, 0) is 65.1 Å². The Labute approximate surface area is 126 Å². The Hall–Kier alpha value is -1.08. The van der Waals surface area contributed by atoms with Crippen molar-refractivity contribution in [3.8, 4) is 5.75 Å². The zero-order chi connectivity index (χ0) is 13.1. The van der Waals surface area contributed by atoms with Gasteiger partial charge < -0.3 is 10.4 Å². The molecule has 2 aromatic carbocycles. The topological polar surface area (TPSA) is 49.3 Å². The number of phenolic OH excluding ortho intramolecular Hbond substituents is 1. The van der Waals surface area contributed by atoms with E-state index in [2.05, 4.69) is 21.2 Å². The molecule has 1 amide bonds. The number of nitrogens with one attached hydrogen (secondary N) is 1. The van der Waals surface area contributed by atoms with E-state index in [-0.39, 0.29) is 11.7 Å². The Kier molecular flexibility index (Phi) is 4.23. The van der Waals surface area contributed by atoms with Gasteiger partial charge in [0.05, 0.1) is 3.57 Å². The molecule has 2 N–H and O–H groups in total. The van der Waals surface area contributed by atoms with Crippen molar-refractivity contribution in [2.75, 3.05) is 5.32 Å². The van der Waals surface area contributed by atoms with E-state index in [1.54, 1.807) is 30.3 Å². The van der Waals surface area contributed by atoms with Gasteiger partial charge in [-0.1, -0.05) is 15.9 Å². The van der Waals surface area contributed by atoms with Crippen LogP contribution in [-0.4, -0.2) is 11.0 Å². The number of benzene rings is 2. The van der Waals surface area contributed by atoms with Crippen molar-refractivity contribution in [2.24, 2.45) is 0 Å². The number of aromatic hydroxyl groups is 1. The van der Waals surface area contributed by atoms with E-state index in [0.29, 0.717) is 14.8 Å². The molecule has 2 aromatic rings. The van der Waals surface area contributed by atoms with Gasteiger partial charge in [-0.25, -0.2) is 0 Å². The summed E-state index contributed by atoms with van der Waals surface area (Å²) in [5.74, 6) is 0.0289. The van der Waals surface area contributed by atoms with Gasteiger partial charge >= 0.3 is 0 Å². The molecule has 0 aliphatic heterocycles. The summed E-state index contributed by atoms with van der Waals surface area (Å²) in [5, 5.41) is 12.2. The van der Waals surface area contributed by atoms with Crippen LogP contribution in [-0.2, 0) is 0 Å². The number of carbonyl (C=O) groups is 1. The molecule has 0 heterocycles. The van der Waals surface area contributed by atoms with Gasteiger partial charge in [-0.3, -0.25) is 4.79 Å². The molecule has 2 rings (SSSR count). The van der Waals surface area contributed by atoms with Gasteiger partial charge in [-0.2, -0.15) is 0 Å². The Balaban J connectivity index is 2.16. The fourth-order valence-electron chi connectivity index (χ4n) is 1.39. The van der Waals surface area contributed by atoms with Crippen molar-refractivity contribution in [1.29, 1.82) is 0 Å². The normalized spacial score (nSPS) is 10.1. The lowest BCUT2D eigenvalue weighted by atomic mass is 10.2. The van der Waals surface area contributed by atoms with Crippen molar-refractivity contribution in [2.45, 2.75) is 0 Å². The Morgan fingerprint density at radius 1 is 1.17 bits per heavy atom. The summed E-state index contributed by atoms with van der Waals surface area (Å²) in [6.07, 6.45) is 0. The first-order valence-electron chi connectivity index (χ1n) is 5.12. The maximum Gasteiger partial charge on any atom is 0.255 e. The molecule has 5 heteroatoms. The van der Waals surface area contributed by atoms with Crippen LogP contribution in [0.2, 0.25) is 0 Å². The molecule has 3 nitrogen and oxygen atoms in total. The number of rotatable bonds is 2. The van der Waals surface area contributed by atoms with E-state index in [4.69, 9.17) is 0 Å². The molecule has 0 fully saturated rings. The third kappa shape index (κ3) is 3.23. The van der Waals surface area contributed by atoms with Gasteiger partial charge in [0, 0.05) is 15.7 Å². The van der Waals surface area contributed by atoms with Gasteiger partial charge in [0.15, 0.2) is 0 Å². The summed E-state index contributed by atoms with van der Waals surface area (Å²) in [6, 6.07) is 12.0. The molecule has 0 spiro atoms. The van der Waals surface area contributed by atoms with E-state index >= 15 is 0 Å². The smallest absolute Gasteiger partial charge is 0.255 e. The highest BCUT2D eigenvalue weighted by Crippen LogP contribution is 2.23. The SMILES string of the molecule is O=C(Nc1ccc(O)c(I)c1)c1ccc(Br)cc1. The van der Waals surface area contributed by atoms with Crippen LogP contribution in [0.4, 0.5) is 5.69 Å². The van der Waals surface area contributed by atoms with Gasteiger partial charge in [0.2, 0.25) is 0 Å². The van der Waals surface area contributed by atoms with Crippen LogP contribution in [0.1, 0.15) is 10.4 Å². The first kappa shape index (κ1) is 13.4. The minimum Gasteiger partial charge on any atom is -0.507 e. The first-order chi connectivity index (χ1) is 8.56. The zero-order valence-electron chi connectivity index (χ0n) is 9.15. The summed E-state index contributed by atoms with van der Waals surface area (Å²) in [4.78, 5) is 11.9. The Morgan fingerprint density at radius 3 is 2.44 bits per heavy atom. The molecule has 0 unspecified atom stereocenters. The summed E-state index contributed by atoms with van der Waals surface area (Å²) in [7, 11) is 0. The Morgan fingerprint density at radius 2 is 1.83 bits per heavy atom. The second-order valence-electron chi connectivity index (χ2n) is 3.63. The van der Waals surface area contributed by atoms with Crippen molar-refractivity contribution in [3.05, 3.63) is 56.1 Å². The van der Waals surface area contributed by atoms with E-state index < -0.39 is 0 Å². The maximum absolute atomic E-state index is 11.9. The minimum atomic E-state index is -0.177. The molecule has 0 saturated carbocycles. The van der Waals surface area contributed by atoms with Crippen LogP contribution in [0.15, 0.2) is 46.9 Å². The second kappa shape index (κ2) is 5.71. The lowest BCUT2D eigenvalue weighted by molar-refractivity contribution is 0.102. The number of hydrogen-bond donors (Lipinski definition) is 2. The summed E-state index contributed by atoms with van der Waals surface area (Å²) >= 11 is 5.33. The summed E-state index contributed by atoms with van der Waals surface area (Å²) < 4.78 is 1.62. The standard InChI is InChI=1S/C13H9BrINO2/c14-9-3-1-8(2-4-9)13(18)16-10-5-6-12(17)11(15)7-10/h1-7,17H,(H,16,18). The van der Waals surface area contributed by atoms with Crippen LogP contribution in [0.25, 0.3) is 0 Å².